The van der Waals surface area contributed by atoms with Gasteiger partial charge in [-0.1, -0.05) is 38.5 Å². The smallest absolute Gasteiger partial charge is 0.308 e. The van der Waals surface area contributed by atoms with Gasteiger partial charge in [0.1, 0.15) is 18.5 Å². The summed E-state index contributed by atoms with van der Waals surface area (Å²) in [5.74, 6) is -3.16. The molecule has 11 heteroatoms. The van der Waals surface area contributed by atoms with E-state index in [2.05, 4.69) is 0 Å². The standard InChI is InChI=1S/C31H51NO10/c1-8-25-22(16-34)13-17(2)9-10-23(35)18(3)14-21(11-12-33)30(19(4)24(36)15-26(37)41-25)42-31-29(39)27(32(6)7)28(38)20(5)40-31/h9-10,12-13,18-22,24-25,27-31,34,36,38-39H,8,11,14-16H2,1-7H3/b10-9-,17-13+/t18-,19+,20-,21+,22-,24-,25?,27+,28-,29-,30?,31+/m1/s1. The summed E-state index contributed by atoms with van der Waals surface area (Å²) in [5, 5.41) is 43.0. The SMILES string of the molecule is CCC1OC(=O)C[C@@H](O)[C@H](C)C(O[C@@H]2O[C@H](C)[C@@H](O)[C@H](N(C)C)[C@H]2O)[C@@H](CC=O)C[C@@H](C)C(=O)/C=C\C(C)=C\[C@@H]1CO. The van der Waals surface area contributed by atoms with Crippen LogP contribution in [0.2, 0.25) is 0 Å². The Labute approximate surface area is 249 Å². The molecule has 0 aliphatic carbocycles. The molecule has 0 aromatic rings. The van der Waals surface area contributed by atoms with Crippen molar-refractivity contribution in [3.05, 3.63) is 23.8 Å². The molecule has 0 amide bonds. The van der Waals surface area contributed by atoms with Gasteiger partial charge in [-0.05, 0) is 52.8 Å². The summed E-state index contributed by atoms with van der Waals surface area (Å²) in [5.41, 5.74) is 0.714. The number of hydrogen-bond donors (Lipinski definition) is 4. The van der Waals surface area contributed by atoms with E-state index in [1.165, 1.54) is 6.08 Å². The van der Waals surface area contributed by atoms with Crippen LogP contribution >= 0.6 is 0 Å². The van der Waals surface area contributed by atoms with Gasteiger partial charge < -0.3 is 44.3 Å². The summed E-state index contributed by atoms with van der Waals surface area (Å²) in [6, 6.07) is -0.711. The highest BCUT2D eigenvalue weighted by Gasteiger charge is 2.47. The first-order chi connectivity index (χ1) is 19.7. The van der Waals surface area contributed by atoms with Crippen LogP contribution in [-0.2, 0) is 28.6 Å². The lowest BCUT2D eigenvalue weighted by atomic mass is 9.79. The van der Waals surface area contributed by atoms with E-state index in [0.29, 0.717) is 12.0 Å². The molecule has 0 aromatic heterocycles. The molecule has 0 saturated carbocycles. The summed E-state index contributed by atoms with van der Waals surface area (Å²) >= 11 is 0. The van der Waals surface area contributed by atoms with E-state index in [-0.39, 0.29) is 31.7 Å². The van der Waals surface area contributed by atoms with Crippen molar-refractivity contribution in [1.82, 2.24) is 4.90 Å². The van der Waals surface area contributed by atoms with Gasteiger partial charge in [-0.2, -0.15) is 0 Å². The monoisotopic (exact) mass is 597 g/mol. The molecule has 42 heavy (non-hydrogen) atoms. The highest BCUT2D eigenvalue weighted by molar-refractivity contribution is 5.91. The first kappa shape index (κ1) is 36.2. The number of aliphatic hydroxyl groups is 4. The maximum atomic E-state index is 13.1. The van der Waals surface area contributed by atoms with E-state index in [4.69, 9.17) is 14.2 Å². The fourth-order valence-electron chi connectivity index (χ4n) is 5.93. The van der Waals surface area contributed by atoms with Crippen molar-refractivity contribution in [3.8, 4) is 0 Å². The topological polar surface area (TPSA) is 163 Å². The van der Waals surface area contributed by atoms with Crippen molar-refractivity contribution in [3.63, 3.8) is 0 Å². The number of rotatable bonds is 7. The largest absolute Gasteiger partial charge is 0.462 e. The number of ether oxygens (including phenoxy) is 3. The Balaban J connectivity index is 2.52. The summed E-state index contributed by atoms with van der Waals surface area (Å²) in [6.07, 6.45) is -1.12. The Morgan fingerprint density at radius 2 is 1.76 bits per heavy atom. The first-order valence-corrected chi connectivity index (χ1v) is 14.9. The quantitative estimate of drug-likeness (QED) is 0.248. The van der Waals surface area contributed by atoms with E-state index in [1.54, 1.807) is 58.8 Å². The van der Waals surface area contributed by atoms with Crippen LogP contribution in [0.25, 0.3) is 0 Å². The molecule has 11 nitrogen and oxygen atoms in total. The third kappa shape index (κ3) is 9.51. The molecule has 1 fully saturated rings. The summed E-state index contributed by atoms with van der Waals surface area (Å²) < 4.78 is 17.9. The molecule has 0 radical (unpaired) electrons. The molecule has 2 aliphatic heterocycles. The third-order valence-electron chi connectivity index (χ3n) is 8.56. The van der Waals surface area contributed by atoms with Crippen LogP contribution in [0, 0.1) is 23.7 Å². The number of esters is 1. The number of ketones is 1. The predicted octanol–water partition coefficient (Wildman–Crippen LogP) is 1.40. The Hall–Kier alpha value is -1.99. The second-order valence-corrected chi connectivity index (χ2v) is 12.1. The lowest BCUT2D eigenvalue weighted by Gasteiger charge is -2.46. The van der Waals surface area contributed by atoms with Crippen LogP contribution < -0.4 is 0 Å². The number of carbonyl (C=O) groups excluding carboxylic acids is 3. The van der Waals surface area contributed by atoms with Crippen molar-refractivity contribution < 1.29 is 49.0 Å². The summed E-state index contributed by atoms with van der Waals surface area (Å²) in [7, 11) is 3.43. The van der Waals surface area contributed by atoms with E-state index >= 15 is 0 Å². The second-order valence-electron chi connectivity index (χ2n) is 12.1. The molecule has 2 aliphatic rings. The maximum Gasteiger partial charge on any atom is 0.308 e. The van der Waals surface area contributed by atoms with Gasteiger partial charge >= 0.3 is 5.97 Å². The molecule has 2 unspecified atom stereocenters. The van der Waals surface area contributed by atoms with Crippen LogP contribution in [0.1, 0.15) is 60.3 Å². The highest BCUT2D eigenvalue weighted by atomic mass is 16.7. The van der Waals surface area contributed by atoms with Gasteiger partial charge in [0.15, 0.2) is 12.1 Å². The van der Waals surface area contributed by atoms with Crippen molar-refractivity contribution in [2.75, 3.05) is 20.7 Å². The molecule has 1 saturated heterocycles. The normalized spacial score (nSPS) is 41.6. The van der Waals surface area contributed by atoms with Crippen LogP contribution in [0.3, 0.4) is 0 Å². The minimum absolute atomic E-state index is 0.000625. The van der Waals surface area contributed by atoms with Gasteiger partial charge in [0, 0.05) is 24.2 Å². The fourth-order valence-corrected chi connectivity index (χ4v) is 5.93. The van der Waals surface area contributed by atoms with Crippen LogP contribution in [-0.4, -0.2) is 113 Å². The van der Waals surface area contributed by atoms with Crippen molar-refractivity contribution in [2.24, 2.45) is 23.7 Å². The fraction of sp³-hybridized carbons (Fsp3) is 0.774. The van der Waals surface area contributed by atoms with Gasteiger partial charge in [0.2, 0.25) is 0 Å². The van der Waals surface area contributed by atoms with E-state index < -0.39 is 78.6 Å². The van der Waals surface area contributed by atoms with Crippen LogP contribution in [0.5, 0.6) is 0 Å². The number of nitrogens with zero attached hydrogens (tertiary/aromatic N) is 1. The van der Waals surface area contributed by atoms with Crippen molar-refractivity contribution in [1.29, 1.82) is 0 Å². The highest BCUT2D eigenvalue weighted by Crippen LogP contribution is 2.34. The lowest BCUT2D eigenvalue weighted by Crippen LogP contribution is -2.63. The Kier molecular flexibility index (Phi) is 14.4. The van der Waals surface area contributed by atoms with E-state index in [0.717, 1.165) is 6.29 Å². The van der Waals surface area contributed by atoms with Crippen LogP contribution in [0.15, 0.2) is 23.8 Å². The molecular formula is C31H51NO10. The number of allylic oxidation sites excluding steroid dienone is 3. The van der Waals surface area contributed by atoms with Crippen molar-refractivity contribution in [2.45, 2.75) is 109 Å². The minimum Gasteiger partial charge on any atom is -0.462 e. The first-order valence-electron chi connectivity index (χ1n) is 14.9. The summed E-state index contributed by atoms with van der Waals surface area (Å²) in [4.78, 5) is 39.6. The van der Waals surface area contributed by atoms with Gasteiger partial charge in [-0.3, -0.25) is 9.59 Å². The Bertz CT molecular complexity index is 952. The molecule has 240 valence electrons. The number of hydrogen-bond acceptors (Lipinski definition) is 11. The zero-order valence-corrected chi connectivity index (χ0v) is 26.0. The maximum absolute atomic E-state index is 13.1. The van der Waals surface area contributed by atoms with Crippen molar-refractivity contribution >= 4 is 18.0 Å². The van der Waals surface area contributed by atoms with E-state index in [9.17, 15) is 34.8 Å². The number of aliphatic hydroxyl groups excluding tert-OH is 4. The molecule has 0 bridgehead atoms. The average Bonchev–Trinajstić information content (AvgIpc) is 2.93. The predicted molar refractivity (Wildman–Crippen MR) is 155 cm³/mol. The molecule has 4 N–H and O–H groups in total. The minimum atomic E-state index is -1.27. The van der Waals surface area contributed by atoms with Gasteiger partial charge in [0.25, 0.3) is 0 Å². The lowest BCUT2D eigenvalue weighted by molar-refractivity contribution is -0.304. The zero-order chi connectivity index (χ0) is 31.7. The molecule has 2 heterocycles. The summed E-state index contributed by atoms with van der Waals surface area (Å²) in [6.45, 7) is 8.42. The number of cyclic esters (lactones) is 1. The molecular weight excluding hydrogens is 546 g/mol. The average molecular weight is 598 g/mol. The number of aldehydes is 1. The molecule has 0 spiro atoms. The second kappa shape index (κ2) is 16.7. The number of likely N-dealkylation sites (N-methyl/N-ethyl adjacent to an activating group) is 1. The Morgan fingerprint density at radius 3 is 2.33 bits per heavy atom. The van der Waals surface area contributed by atoms with E-state index in [1.807, 2.05) is 6.92 Å². The van der Waals surface area contributed by atoms with Gasteiger partial charge in [-0.25, -0.2) is 0 Å². The van der Waals surface area contributed by atoms with Crippen LogP contribution in [0.4, 0.5) is 0 Å². The zero-order valence-electron chi connectivity index (χ0n) is 26.0. The van der Waals surface area contributed by atoms with Gasteiger partial charge in [-0.15, -0.1) is 0 Å². The van der Waals surface area contributed by atoms with Gasteiger partial charge in [0.05, 0.1) is 43.5 Å². The molecule has 2 rings (SSSR count). The Morgan fingerprint density at radius 1 is 1.10 bits per heavy atom. The number of carbonyl (C=O) groups is 3. The third-order valence-corrected chi connectivity index (χ3v) is 8.56. The molecule has 12 atom stereocenters. The molecule has 0 aromatic carbocycles.